The largest absolute Gasteiger partial charge is 0.444 e. The molecule has 7 heteroatoms. The molecular weight excluding hydrogens is 261 g/mol. The molecule has 1 rings (SSSR count). The van der Waals surface area contributed by atoms with Crippen molar-refractivity contribution in [1.82, 2.24) is 9.80 Å². The van der Waals surface area contributed by atoms with Crippen molar-refractivity contribution in [2.75, 3.05) is 32.7 Å². The van der Waals surface area contributed by atoms with Gasteiger partial charge >= 0.3 is 12.3 Å². The normalized spacial score (nSPS) is 18.5. The topological polar surface area (TPSA) is 32.8 Å². The van der Waals surface area contributed by atoms with Crippen LogP contribution in [0.3, 0.4) is 0 Å². The van der Waals surface area contributed by atoms with E-state index in [2.05, 4.69) is 0 Å². The van der Waals surface area contributed by atoms with Crippen molar-refractivity contribution in [2.45, 2.75) is 39.0 Å². The van der Waals surface area contributed by atoms with Crippen LogP contribution < -0.4 is 0 Å². The third-order valence-corrected chi connectivity index (χ3v) is 2.74. The van der Waals surface area contributed by atoms with Crippen LogP contribution in [0.1, 0.15) is 27.2 Å². The fraction of sp³-hybridized carbons (Fsp3) is 0.917. The van der Waals surface area contributed by atoms with Gasteiger partial charge in [0.05, 0.1) is 6.42 Å². The van der Waals surface area contributed by atoms with Crippen LogP contribution in [-0.4, -0.2) is 60.4 Å². The van der Waals surface area contributed by atoms with Gasteiger partial charge in [0.15, 0.2) is 0 Å². The molecule has 0 aromatic rings. The van der Waals surface area contributed by atoms with Gasteiger partial charge < -0.3 is 9.64 Å². The predicted octanol–water partition coefficient (Wildman–Crippen LogP) is 2.49. The summed E-state index contributed by atoms with van der Waals surface area (Å²) in [6.07, 6.45) is -5.33. The Bertz CT molecular complexity index is 305. The Morgan fingerprint density at radius 2 is 1.63 bits per heavy atom. The maximum Gasteiger partial charge on any atom is 0.410 e. The summed E-state index contributed by atoms with van der Waals surface area (Å²) in [5, 5.41) is 0. The number of ether oxygens (including phenoxy) is 1. The first-order valence-corrected chi connectivity index (χ1v) is 6.34. The Hall–Kier alpha value is -0.980. The first-order chi connectivity index (χ1) is 8.57. The second kappa shape index (κ2) is 5.98. The molecule has 1 aliphatic heterocycles. The van der Waals surface area contributed by atoms with E-state index in [0.717, 1.165) is 0 Å². The molecule has 0 aromatic carbocycles. The van der Waals surface area contributed by atoms with E-state index in [9.17, 15) is 18.0 Å². The summed E-state index contributed by atoms with van der Waals surface area (Å²) in [5.41, 5.74) is -0.551. The number of piperazine rings is 1. The molecule has 19 heavy (non-hydrogen) atoms. The van der Waals surface area contributed by atoms with Crippen molar-refractivity contribution < 1.29 is 22.7 Å². The van der Waals surface area contributed by atoms with E-state index < -0.39 is 24.3 Å². The molecule has 0 bridgehead atoms. The zero-order valence-corrected chi connectivity index (χ0v) is 11.6. The molecule has 1 amide bonds. The Labute approximate surface area is 111 Å². The van der Waals surface area contributed by atoms with Gasteiger partial charge in [-0.2, -0.15) is 13.2 Å². The summed E-state index contributed by atoms with van der Waals surface area (Å²) in [4.78, 5) is 15.0. The van der Waals surface area contributed by atoms with Crippen LogP contribution in [0.5, 0.6) is 0 Å². The van der Waals surface area contributed by atoms with Gasteiger partial charge in [-0.05, 0) is 20.8 Å². The van der Waals surface area contributed by atoms with Gasteiger partial charge in [0.1, 0.15) is 5.60 Å². The Morgan fingerprint density at radius 1 is 1.11 bits per heavy atom. The highest BCUT2D eigenvalue weighted by molar-refractivity contribution is 5.68. The molecule has 0 N–H and O–H groups in total. The van der Waals surface area contributed by atoms with Crippen LogP contribution in [0.2, 0.25) is 0 Å². The van der Waals surface area contributed by atoms with Crippen LogP contribution in [-0.2, 0) is 4.74 Å². The first-order valence-electron chi connectivity index (χ1n) is 6.34. The number of nitrogens with zero attached hydrogens (tertiary/aromatic N) is 2. The summed E-state index contributed by atoms with van der Waals surface area (Å²) in [6.45, 7) is 7.06. The van der Waals surface area contributed by atoms with Crippen molar-refractivity contribution in [3.63, 3.8) is 0 Å². The van der Waals surface area contributed by atoms with Crippen molar-refractivity contribution in [1.29, 1.82) is 0 Å². The number of carbonyl (C=O) groups is 1. The minimum absolute atomic E-state index is 0.00828. The van der Waals surface area contributed by atoms with E-state index in [-0.39, 0.29) is 6.54 Å². The minimum Gasteiger partial charge on any atom is -0.444 e. The van der Waals surface area contributed by atoms with E-state index in [1.54, 1.807) is 25.7 Å². The van der Waals surface area contributed by atoms with Gasteiger partial charge in [-0.25, -0.2) is 4.79 Å². The quantitative estimate of drug-likeness (QED) is 0.780. The van der Waals surface area contributed by atoms with Gasteiger partial charge in [-0.3, -0.25) is 4.90 Å². The highest BCUT2D eigenvalue weighted by atomic mass is 19.4. The number of hydrogen-bond donors (Lipinski definition) is 0. The fourth-order valence-electron chi connectivity index (χ4n) is 1.77. The van der Waals surface area contributed by atoms with Gasteiger partial charge in [-0.1, -0.05) is 0 Å². The maximum atomic E-state index is 12.1. The van der Waals surface area contributed by atoms with E-state index in [4.69, 9.17) is 4.74 Å². The minimum atomic E-state index is -4.12. The number of hydrogen-bond acceptors (Lipinski definition) is 3. The summed E-state index contributed by atoms with van der Waals surface area (Å²) in [5.74, 6) is 0. The standard InChI is InChI=1S/C12H21F3N2O2/c1-11(2,3)19-10(18)17-8-6-16(7-9-17)5-4-12(13,14)15/h4-9H2,1-3H3. The molecule has 0 atom stereocenters. The summed E-state index contributed by atoms with van der Waals surface area (Å²) >= 11 is 0. The van der Waals surface area contributed by atoms with Crippen LogP contribution in [0.4, 0.5) is 18.0 Å². The van der Waals surface area contributed by atoms with E-state index >= 15 is 0 Å². The van der Waals surface area contributed by atoms with Gasteiger partial charge in [0, 0.05) is 32.7 Å². The molecule has 112 valence electrons. The van der Waals surface area contributed by atoms with Gasteiger partial charge in [0.2, 0.25) is 0 Å². The zero-order valence-electron chi connectivity index (χ0n) is 11.6. The molecular formula is C12H21F3N2O2. The summed E-state index contributed by atoms with van der Waals surface area (Å²) in [7, 11) is 0. The lowest BCUT2D eigenvalue weighted by molar-refractivity contribution is -0.138. The summed E-state index contributed by atoms with van der Waals surface area (Å²) in [6, 6.07) is 0. The number of alkyl halides is 3. The van der Waals surface area contributed by atoms with Gasteiger partial charge in [-0.15, -0.1) is 0 Å². The summed E-state index contributed by atoms with van der Waals surface area (Å²) < 4.78 is 41.5. The Morgan fingerprint density at radius 3 is 2.05 bits per heavy atom. The fourth-order valence-corrected chi connectivity index (χ4v) is 1.77. The zero-order chi connectivity index (χ0) is 14.7. The maximum absolute atomic E-state index is 12.1. The van der Waals surface area contributed by atoms with Crippen molar-refractivity contribution in [2.24, 2.45) is 0 Å². The molecule has 1 saturated heterocycles. The molecule has 1 aliphatic rings. The molecule has 0 unspecified atom stereocenters. The second-order valence-electron chi connectivity index (χ2n) is 5.67. The monoisotopic (exact) mass is 282 g/mol. The predicted molar refractivity (Wildman–Crippen MR) is 64.9 cm³/mol. The molecule has 0 radical (unpaired) electrons. The van der Waals surface area contributed by atoms with Gasteiger partial charge in [0.25, 0.3) is 0 Å². The number of rotatable bonds is 2. The smallest absolute Gasteiger partial charge is 0.410 e. The molecule has 0 saturated carbocycles. The average molecular weight is 282 g/mol. The van der Waals surface area contributed by atoms with Crippen molar-refractivity contribution in [3.8, 4) is 0 Å². The average Bonchev–Trinajstić information content (AvgIpc) is 2.23. The Balaban J connectivity index is 2.31. The highest BCUT2D eigenvalue weighted by Gasteiger charge is 2.30. The van der Waals surface area contributed by atoms with Crippen molar-refractivity contribution in [3.05, 3.63) is 0 Å². The molecule has 1 heterocycles. The van der Waals surface area contributed by atoms with Crippen LogP contribution in [0.15, 0.2) is 0 Å². The lowest BCUT2D eigenvalue weighted by Gasteiger charge is -2.35. The first kappa shape index (κ1) is 16.1. The molecule has 0 aromatic heterocycles. The van der Waals surface area contributed by atoms with Crippen LogP contribution in [0, 0.1) is 0 Å². The van der Waals surface area contributed by atoms with E-state index in [0.29, 0.717) is 26.2 Å². The number of halogens is 3. The lowest BCUT2D eigenvalue weighted by Crippen LogP contribution is -2.50. The third kappa shape index (κ3) is 6.66. The molecule has 1 fully saturated rings. The number of carbonyl (C=O) groups excluding carboxylic acids is 1. The number of amides is 1. The van der Waals surface area contributed by atoms with Crippen LogP contribution >= 0.6 is 0 Å². The van der Waals surface area contributed by atoms with Crippen LogP contribution in [0.25, 0.3) is 0 Å². The third-order valence-electron chi connectivity index (χ3n) is 2.74. The molecule has 0 spiro atoms. The highest BCUT2D eigenvalue weighted by Crippen LogP contribution is 2.20. The van der Waals surface area contributed by atoms with E-state index in [1.807, 2.05) is 0 Å². The molecule has 0 aliphatic carbocycles. The Kier molecular flexibility index (Phi) is 5.06. The lowest BCUT2D eigenvalue weighted by atomic mass is 10.2. The SMILES string of the molecule is CC(C)(C)OC(=O)N1CCN(CCC(F)(F)F)CC1. The van der Waals surface area contributed by atoms with Crippen molar-refractivity contribution >= 4 is 6.09 Å². The second-order valence-corrected chi connectivity index (χ2v) is 5.67. The molecule has 4 nitrogen and oxygen atoms in total. The van der Waals surface area contributed by atoms with E-state index in [1.165, 1.54) is 4.90 Å².